The number of hydrogen-bond acceptors (Lipinski definition) is 6. The van der Waals surface area contributed by atoms with E-state index in [2.05, 4.69) is 20.8 Å². The molecule has 2 aromatic rings. The fourth-order valence-corrected chi connectivity index (χ4v) is 2.55. The Bertz CT molecular complexity index is 648. The van der Waals surface area contributed by atoms with Crippen LogP contribution in [0.3, 0.4) is 0 Å². The lowest BCUT2D eigenvalue weighted by Crippen LogP contribution is -2.40. The maximum Gasteiger partial charge on any atom is 0.246 e. The van der Waals surface area contributed by atoms with Gasteiger partial charge in [-0.3, -0.25) is 4.79 Å². The second kappa shape index (κ2) is 7.23. The molecule has 0 aliphatic carbocycles. The summed E-state index contributed by atoms with van der Waals surface area (Å²) in [7, 11) is 1.63. The Hall–Kier alpha value is -2.41. The summed E-state index contributed by atoms with van der Waals surface area (Å²) in [5.41, 5.74) is 1.07. The van der Waals surface area contributed by atoms with Gasteiger partial charge in [-0.15, -0.1) is 0 Å². The van der Waals surface area contributed by atoms with Crippen LogP contribution >= 0.6 is 0 Å². The van der Waals surface area contributed by atoms with E-state index in [1.165, 1.54) is 0 Å². The summed E-state index contributed by atoms with van der Waals surface area (Å²) >= 11 is 0. The normalized spacial score (nSPS) is 17.2. The topological polar surface area (TPSA) is 89.3 Å². The molecule has 0 spiro atoms. The Balaban J connectivity index is 1.51. The van der Waals surface area contributed by atoms with Crippen molar-refractivity contribution < 1.29 is 14.1 Å². The van der Waals surface area contributed by atoms with Gasteiger partial charge in [0.25, 0.3) is 0 Å². The van der Waals surface area contributed by atoms with Crippen molar-refractivity contribution >= 4 is 5.91 Å². The van der Waals surface area contributed by atoms with Crippen molar-refractivity contribution in [2.24, 2.45) is 0 Å². The molecule has 7 nitrogen and oxygen atoms in total. The Labute approximate surface area is 134 Å². The lowest BCUT2D eigenvalue weighted by atomic mass is 10.1. The van der Waals surface area contributed by atoms with Gasteiger partial charge in [0.15, 0.2) is 5.82 Å². The molecule has 1 fully saturated rings. The van der Waals surface area contributed by atoms with Crippen LogP contribution in [0.4, 0.5) is 0 Å². The molecular formula is C16H20N4O3. The number of aromatic nitrogens is 2. The first-order valence-electron chi connectivity index (χ1n) is 7.70. The molecule has 7 heteroatoms. The van der Waals surface area contributed by atoms with Gasteiger partial charge in [0.2, 0.25) is 11.8 Å². The van der Waals surface area contributed by atoms with Gasteiger partial charge >= 0.3 is 0 Å². The second-order valence-corrected chi connectivity index (χ2v) is 5.50. The van der Waals surface area contributed by atoms with E-state index in [1.807, 2.05) is 24.3 Å². The van der Waals surface area contributed by atoms with Crippen LogP contribution in [-0.4, -0.2) is 35.7 Å². The van der Waals surface area contributed by atoms with Gasteiger partial charge in [0.05, 0.1) is 19.7 Å². The summed E-state index contributed by atoms with van der Waals surface area (Å²) in [4.78, 5) is 16.2. The largest absolute Gasteiger partial charge is 0.497 e. The van der Waals surface area contributed by atoms with Crippen LogP contribution in [0.15, 0.2) is 28.8 Å². The summed E-state index contributed by atoms with van der Waals surface area (Å²) in [6.07, 6.45) is 2.48. The van der Waals surface area contributed by atoms with Gasteiger partial charge < -0.3 is 19.9 Å². The van der Waals surface area contributed by atoms with Gasteiger partial charge in [-0.25, -0.2) is 0 Å². The van der Waals surface area contributed by atoms with Gasteiger partial charge in [0, 0.05) is 6.42 Å². The highest BCUT2D eigenvalue weighted by Gasteiger charge is 2.22. The van der Waals surface area contributed by atoms with Crippen LogP contribution < -0.4 is 15.4 Å². The zero-order valence-electron chi connectivity index (χ0n) is 13.0. The maximum atomic E-state index is 11.9. The number of nitrogens with zero attached hydrogens (tertiary/aromatic N) is 2. The van der Waals surface area contributed by atoms with Crippen LogP contribution in [0, 0.1) is 0 Å². The molecule has 2 N–H and O–H groups in total. The minimum absolute atomic E-state index is 0.0163. The number of nitrogens with one attached hydrogen (secondary N) is 2. The highest BCUT2D eigenvalue weighted by molar-refractivity contribution is 5.81. The van der Waals surface area contributed by atoms with E-state index in [0.29, 0.717) is 18.1 Å². The minimum atomic E-state index is -0.100. The molecule has 1 aliphatic rings. The van der Waals surface area contributed by atoms with E-state index >= 15 is 0 Å². The Morgan fingerprint density at radius 3 is 2.96 bits per heavy atom. The first-order valence-corrected chi connectivity index (χ1v) is 7.70. The monoisotopic (exact) mass is 316 g/mol. The average Bonchev–Trinajstić information content (AvgIpc) is 3.25. The molecule has 2 heterocycles. The number of methoxy groups -OCH3 is 1. The van der Waals surface area contributed by atoms with Crippen molar-refractivity contribution in [3.63, 3.8) is 0 Å². The average molecular weight is 316 g/mol. The summed E-state index contributed by atoms with van der Waals surface area (Å²) < 4.78 is 10.3. The number of rotatable bonds is 6. The number of carbonyl (C=O) groups excluding carboxylic acids is 1. The van der Waals surface area contributed by atoms with E-state index in [4.69, 9.17) is 9.26 Å². The summed E-state index contributed by atoms with van der Waals surface area (Å²) in [6, 6.07) is 7.61. The van der Waals surface area contributed by atoms with Gasteiger partial charge in [-0.1, -0.05) is 17.3 Å². The van der Waals surface area contributed by atoms with E-state index in [0.717, 1.165) is 30.7 Å². The van der Waals surface area contributed by atoms with Crippen LogP contribution in [0.25, 0.3) is 0 Å². The lowest BCUT2D eigenvalue weighted by molar-refractivity contribution is -0.123. The molecule has 0 radical (unpaired) electrons. The molecular weight excluding hydrogens is 296 g/mol. The molecule has 0 bridgehead atoms. The van der Waals surface area contributed by atoms with Gasteiger partial charge in [0.1, 0.15) is 5.75 Å². The molecule has 1 aromatic heterocycles. The van der Waals surface area contributed by atoms with E-state index in [1.54, 1.807) is 7.11 Å². The third-order valence-corrected chi connectivity index (χ3v) is 3.82. The van der Waals surface area contributed by atoms with Crippen molar-refractivity contribution in [2.45, 2.75) is 31.8 Å². The minimum Gasteiger partial charge on any atom is -0.497 e. The summed E-state index contributed by atoms with van der Waals surface area (Å²) in [5.74, 6) is 1.81. The zero-order valence-corrected chi connectivity index (χ0v) is 13.0. The third kappa shape index (κ3) is 4.07. The second-order valence-electron chi connectivity index (χ2n) is 5.50. The first-order chi connectivity index (χ1) is 11.2. The molecule has 23 heavy (non-hydrogen) atoms. The quantitative estimate of drug-likeness (QED) is 0.827. The molecule has 1 atom stereocenters. The highest BCUT2D eigenvalue weighted by atomic mass is 16.5. The smallest absolute Gasteiger partial charge is 0.246 e. The van der Waals surface area contributed by atoms with Crippen molar-refractivity contribution in [3.8, 4) is 5.75 Å². The maximum absolute atomic E-state index is 11.9. The standard InChI is InChI=1S/C16H20N4O3/c1-22-12-6-4-11(5-7-12)9-14-19-15(23-20-14)10-18-16(21)13-3-2-8-17-13/h4-7,13,17H,2-3,8-10H2,1H3,(H,18,21). The number of benzene rings is 1. The van der Waals surface area contributed by atoms with E-state index < -0.39 is 0 Å². The van der Waals surface area contributed by atoms with Crippen molar-refractivity contribution in [2.75, 3.05) is 13.7 Å². The first kappa shape index (κ1) is 15.5. The van der Waals surface area contributed by atoms with Gasteiger partial charge in [-0.05, 0) is 37.1 Å². The Morgan fingerprint density at radius 2 is 2.26 bits per heavy atom. The number of ether oxygens (including phenoxy) is 1. The van der Waals surface area contributed by atoms with Crippen LogP contribution in [0.1, 0.15) is 30.1 Å². The van der Waals surface area contributed by atoms with E-state index in [-0.39, 0.29) is 18.5 Å². The Morgan fingerprint density at radius 1 is 1.43 bits per heavy atom. The molecule has 1 amide bonds. The molecule has 122 valence electrons. The van der Waals surface area contributed by atoms with Crippen LogP contribution in [-0.2, 0) is 17.8 Å². The number of hydrogen-bond donors (Lipinski definition) is 2. The van der Waals surface area contributed by atoms with Crippen LogP contribution in [0.2, 0.25) is 0 Å². The Kier molecular flexibility index (Phi) is 4.87. The predicted octanol–water partition coefficient (Wildman–Crippen LogP) is 1.04. The van der Waals surface area contributed by atoms with Gasteiger partial charge in [-0.2, -0.15) is 4.98 Å². The lowest BCUT2D eigenvalue weighted by Gasteiger charge is -2.08. The molecule has 1 aliphatic heterocycles. The molecule has 0 saturated carbocycles. The summed E-state index contributed by atoms with van der Waals surface area (Å²) in [6.45, 7) is 1.15. The molecule has 1 unspecified atom stereocenters. The molecule has 1 saturated heterocycles. The van der Waals surface area contributed by atoms with E-state index in [9.17, 15) is 4.79 Å². The predicted molar refractivity (Wildman–Crippen MR) is 83.0 cm³/mol. The van der Waals surface area contributed by atoms with Crippen molar-refractivity contribution in [1.82, 2.24) is 20.8 Å². The summed E-state index contributed by atoms with van der Waals surface area (Å²) in [5, 5.41) is 9.92. The highest BCUT2D eigenvalue weighted by Crippen LogP contribution is 2.13. The zero-order chi connectivity index (χ0) is 16.1. The fraction of sp³-hybridized carbons (Fsp3) is 0.438. The van der Waals surface area contributed by atoms with Crippen molar-refractivity contribution in [1.29, 1.82) is 0 Å². The number of amides is 1. The molecule has 1 aromatic carbocycles. The SMILES string of the molecule is COc1ccc(Cc2noc(CNC(=O)C3CCCN3)n2)cc1. The van der Waals surface area contributed by atoms with Crippen LogP contribution in [0.5, 0.6) is 5.75 Å². The third-order valence-electron chi connectivity index (χ3n) is 3.82. The van der Waals surface area contributed by atoms with Crippen molar-refractivity contribution in [3.05, 3.63) is 41.5 Å². The molecule has 3 rings (SSSR count). The number of carbonyl (C=O) groups is 1. The fourth-order valence-electron chi connectivity index (χ4n) is 2.55.